The highest BCUT2D eigenvalue weighted by Gasteiger charge is 2.10. The van der Waals surface area contributed by atoms with Crippen LogP contribution < -0.4 is 20.1 Å². The van der Waals surface area contributed by atoms with Gasteiger partial charge in [-0.05, 0) is 31.2 Å². The van der Waals surface area contributed by atoms with E-state index in [2.05, 4.69) is 43.5 Å². The number of nitrogens with one attached hydrogen (secondary N) is 2. The normalized spacial score (nSPS) is 11.6. The van der Waals surface area contributed by atoms with Crippen LogP contribution >= 0.6 is 15.9 Å². The summed E-state index contributed by atoms with van der Waals surface area (Å²) < 4.78 is 16.7. The number of aliphatic imine (C=N–C) groups is 1. The Hall–Kier alpha value is -1.51. The Bertz CT molecular complexity index is 570. The second kappa shape index (κ2) is 12.8. The minimum Gasteiger partial charge on any atom is -0.493 e. The minimum absolute atomic E-state index is 0.615. The predicted molar refractivity (Wildman–Crippen MR) is 109 cm³/mol. The molecule has 0 aromatic heterocycles. The first-order valence-electron chi connectivity index (χ1n) is 8.58. The molecule has 0 saturated carbocycles. The molecule has 8 heteroatoms. The van der Waals surface area contributed by atoms with Gasteiger partial charge in [-0.2, -0.15) is 0 Å². The lowest BCUT2D eigenvalue weighted by Gasteiger charge is -2.18. The first kappa shape index (κ1) is 22.5. The van der Waals surface area contributed by atoms with Crippen LogP contribution in [0.5, 0.6) is 11.5 Å². The lowest BCUT2D eigenvalue weighted by molar-refractivity contribution is 0.180. The van der Waals surface area contributed by atoms with Crippen molar-refractivity contribution in [2.75, 3.05) is 61.7 Å². The zero-order chi connectivity index (χ0) is 19.4. The topological polar surface area (TPSA) is 67.4 Å². The molecule has 0 bridgehead atoms. The van der Waals surface area contributed by atoms with Gasteiger partial charge < -0.3 is 29.7 Å². The number of methoxy groups -OCH3 is 3. The van der Waals surface area contributed by atoms with E-state index in [1.165, 1.54) is 0 Å². The minimum atomic E-state index is 0.615. The number of nitrogens with zero attached hydrogens (tertiary/aromatic N) is 2. The van der Waals surface area contributed by atoms with Gasteiger partial charge >= 0.3 is 0 Å². The van der Waals surface area contributed by atoms with Gasteiger partial charge in [0.15, 0.2) is 17.5 Å². The third-order valence-corrected chi connectivity index (χ3v) is 4.63. The smallest absolute Gasteiger partial charge is 0.191 e. The Morgan fingerprint density at radius 1 is 1.12 bits per heavy atom. The van der Waals surface area contributed by atoms with E-state index in [9.17, 15) is 0 Å². The Morgan fingerprint density at radius 2 is 1.81 bits per heavy atom. The van der Waals surface area contributed by atoms with E-state index < -0.39 is 0 Å². The Labute approximate surface area is 165 Å². The van der Waals surface area contributed by atoms with Crippen molar-refractivity contribution >= 4 is 21.9 Å². The van der Waals surface area contributed by atoms with E-state index >= 15 is 0 Å². The molecule has 1 aromatic rings. The lowest BCUT2D eigenvalue weighted by Crippen LogP contribution is -2.40. The number of likely N-dealkylation sites (N-methyl/N-ethyl adjacent to an activating group) is 1. The van der Waals surface area contributed by atoms with Crippen LogP contribution in [0.15, 0.2) is 21.6 Å². The molecule has 148 valence electrons. The van der Waals surface area contributed by atoms with Gasteiger partial charge in [-0.1, -0.05) is 15.9 Å². The quantitative estimate of drug-likeness (QED) is 0.318. The van der Waals surface area contributed by atoms with Crippen molar-refractivity contribution in [3.63, 3.8) is 0 Å². The largest absolute Gasteiger partial charge is 0.493 e. The number of rotatable bonds is 11. The molecule has 0 aliphatic heterocycles. The van der Waals surface area contributed by atoms with Gasteiger partial charge in [0.2, 0.25) is 0 Å². The van der Waals surface area contributed by atoms with Gasteiger partial charge in [-0.3, -0.25) is 4.99 Å². The van der Waals surface area contributed by atoms with E-state index in [4.69, 9.17) is 14.2 Å². The molecule has 1 rings (SSSR count). The fraction of sp³-hybridized carbons (Fsp3) is 0.611. The van der Waals surface area contributed by atoms with Crippen molar-refractivity contribution < 1.29 is 14.2 Å². The molecule has 0 heterocycles. The Kier molecular flexibility index (Phi) is 11.1. The number of halogens is 1. The third-order valence-electron chi connectivity index (χ3n) is 3.90. The van der Waals surface area contributed by atoms with E-state index in [1.54, 1.807) is 28.4 Å². The summed E-state index contributed by atoms with van der Waals surface area (Å²) >= 11 is 3.57. The second-order valence-corrected chi connectivity index (χ2v) is 6.66. The maximum absolute atomic E-state index is 5.36. The Morgan fingerprint density at radius 3 is 2.42 bits per heavy atom. The molecule has 26 heavy (non-hydrogen) atoms. The van der Waals surface area contributed by atoms with E-state index in [-0.39, 0.29) is 0 Å². The van der Waals surface area contributed by atoms with E-state index in [1.807, 2.05) is 12.1 Å². The number of hydrogen-bond acceptors (Lipinski definition) is 5. The fourth-order valence-electron chi connectivity index (χ4n) is 2.39. The van der Waals surface area contributed by atoms with Crippen LogP contribution in [0.25, 0.3) is 0 Å². The first-order valence-corrected chi connectivity index (χ1v) is 9.37. The highest BCUT2D eigenvalue weighted by atomic mass is 79.9. The molecule has 2 N–H and O–H groups in total. The molecule has 0 radical (unpaired) electrons. The molecule has 0 aliphatic rings. The average molecular weight is 431 g/mol. The summed E-state index contributed by atoms with van der Waals surface area (Å²) in [6.45, 7) is 4.17. The highest BCUT2D eigenvalue weighted by Crippen LogP contribution is 2.33. The van der Waals surface area contributed by atoms with Crippen molar-refractivity contribution in [1.29, 1.82) is 0 Å². The Balaban J connectivity index is 2.47. The van der Waals surface area contributed by atoms with Crippen molar-refractivity contribution in [3.05, 3.63) is 22.2 Å². The van der Waals surface area contributed by atoms with E-state index in [0.717, 1.165) is 48.7 Å². The molecule has 0 amide bonds. The van der Waals surface area contributed by atoms with Crippen molar-refractivity contribution in [2.24, 2.45) is 4.99 Å². The second-order valence-electron chi connectivity index (χ2n) is 5.80. The van der Waals surface area contributed by atoms with Gasteiger partial charge in [-0.25, -0.2) is 0 Å². The summed E-state index contributed by atoms with van der Waals surface area (Å²) in [4.78, 5) is 6.53. The summed E-state index contributed by atoms with van der Waals surface area (Å²) in [6, 6.07) is 3.85. The summed E-state index contributed by atoms with van der Waals surface area (Å²) in [7, 11) is 8.86. The SMILES string of the molecule is CN=C(NCCN(C)CCCOC)NCc1cc(OC)c(OC)cc1Br. The van der Waals surface area contributed by atoms with Gasteiger partial charge in [0.25, 0.3) is 0 Å². The summed E-state index contributed by atoms with van der Waals surface area (Å²) in [5.74, 6) is 2.16. The molecule has 0 unspecified atom stereocenters. The maximum atomic E-state index is 5.36. The monoisotopic (exact) mass is 430 g/mol. The molecular weight excluding hydrogens is 400 g/mol. The van der Waals surface area contributed by atoms with Crippen LogP contribution in [0, 0.1) is 0 Å². The summed E-state index contributed by atoms with van der Waals surface area (Å²) in [5.41, 5.74) is 1.06. The van der Waals surface area contributed by atoms with Crippen molar-refractivity contribution in [3.8, 4) is 11.5 Å². The third kappa shape index (κ3) is 7.80. The van der Waals surface area contributed by atoms with Crippen molar-refractivity contribution in [1.82, 2.24) is 15.5 Å². The van der Waals surface area contributed by atoms with Crippen LogP contribution in [-0.2, 0) is 11.3 Å². The van der Waals surface area contributed by atoms with Gasteiger partial charge in [0.05, 0.1) is 14.2 Å². The zero-order valence-electron chi connectivity index (χ0n) is 16.4. The average Bonchev–Trinajstić information content (AvgIpc) is 2.65. The molecule has 1 aromatic carbocycles. The molecule has 0 spiro atoms. The number of ether oxygens (including phenoxy) is 3. The van der Waals surface area contributed by atoms with Crippen LogP contribution in [0.3, 0.4) is 0 Å². The van der Waals surface area contributed by atoms with Crippen LogP contribution in [0.2, 0.25) is 0 Å². The number of guanidine groups is 1. The number of benzene rings is 1. The molecule has 0 atom stereocenters. The molecule has 0 saturated heterocycles. The summed E-state index contributed by atoms with van der Waals surface area (Å²) in [5, 5.41) is 6.64. The molecule has 7 nitrogen and oxygen atoms in total. The van der Waals surface area contributed by atoms with Crippen LogP contribution in [-0.4, -0.2) is 72.5 Å². The zero-order valence-corrected chi connectivity index (χ0v) is 18.0. The van der Waals surface area contributed by atoms with Gasteiger partial charge in [0, 0.05) is 51.4 Å². The summed E-state index contributed by atoms with van der Waals surface area (Å²) in [6.07, 6.45) is 1.04. The lowest BCUT2D eigenvalue weighted by atomic mass is 10.2. The number of hydrogen-bond donors (Lipinski definition) is 2. The molecule has 0 fully saturated rings. The molecular formula is C18H31BrN4O3. The van der Waals surface area contributed by atoms with E-state index in [0.29, 0.717) is 18.0 Å². The van der Waals surface area contributed by atoms with Crippen molar-refractivity contribution in [2.45, 2.75) is 13.0 Å². The van der Waals surface area contributed by atoms with Crippen LogP contribution in [0.4, 0.5) is 0 Å². The maximum Gasteiger partial charge on any atom is 0.191 e. The highest BCUT2D eigenvalue weighted by molar-refractivity contribution is 9.10. The van der Waals surface area contributed by atoms with Crippen LogP contribution in [0.1, 0.15) is 12.0 Å². The van der Waals surface area contributed by atoms with Gasteiger partial charge in [-0.15, -0.1) is 0 Å². The van der Waals surface area contributed by atoms with Gasteiger partial charge in [0.1, 0.15) is 0 Å². The predicted octanol–water partition coefficient (Wildman–Crippen LogP) is 2.10. The standard InChI is InChI=1S/C18H31BrN4O3/c1-20-18(21-7-9-23(2)8-6-10-24-3)22-13-14-11-16(25-4)17(26-5)12-15(14)19/h11-12H,6-10,13H2,1-5H3,(H2,20,21,22). The molecule has 0 aliphatic carbocycles. The first-order chi connectivity index (χ1) is 12.5. The fourth-order valence-corrected chi connectivity index (χ4v) is 2.85.